The van der Waals surface area contributed by atoms with E-state index in [9.17, 15) is 0 Å². The van der Waals surface area contributed by atoms with Crippen molar-refractivity contribution in [2.24, 2.45) is 0 Å². The number of anilines is 4. The molecule has 5 rings (SSSR count). The molecule has 4 heterocycles. The molecule has 2 N–H and O–H groups in total. The second-order valence-electron chi connectivity index (χ2n) is 7.57. The van der Waals surface area contributed by atoms with E-state index in [-0.39, 0.29) is 0 Å². The smallest absolute Gasteiger partial charge is 0.180 e. The number of hydrogen-bond acceptors (Lipinski definition) is 7. The zero-order chi connectivity index (χ0) is 21.2. The van der Waals surface area contributed by atoms with Gasteiger partial charge >= 0.3 is 0 Å². The lowest BCUT2D eigenvalue weighted by molar-refractivity contribution is 0.323. The lowest BCUT2D eigenvalue weighted by Gasteiger charge is -2.20. The van der Waals surface area contributed by atoms with E-state index < -0.39 is 0 Å². The lowest BCUT2D eigenvalue weighted by atomic mass is 10.1. The van der Waals surface area contributed by atoms with Gasteiger partial charge in [0, 0.05) is 44.3 Å². The van der Waals surface area contributed by atoms with Gasteiger partial charge in [-0.25, -0.2) is 15.0 Å². The maximum absolute atomic E-state index is 5.79. The summed E-state index contributed by atoms with van der Waals surface area (Å²) in [6, 6.07) is 10.1. The Morgan fingerprint density at radius 1 is 1.23 bits per heavy atom. The highest BCUT2D eigenvalue weighted by Gasteiger charge is 2.14. The van der Waals surface area contributed by atoms with Crippen LogP contribution in [0.3, 0.4) is 0 Å². The van der Waals surface area contributed by atoms with Crippen LogP contribution in [0.1, 0.15) is 13.3 Å². The van der Waals surface area contributed by atoms with Gasteiger partial charge in [-0.05, 0) is 30.7 Å². The van der Waals surface area contributed by atoms with Crippen molar-refractivity contribution in [2.75, 3.05) is 42.3 Å². The Balaban J connectivity index is 1.47. The largest absolute Gasteiger partial charge is 0.490 e. The van der Waals surface area contributed by atoms with E-state index >= 15 is 0 Å². The van der Waals surface area contributed by atoms with Gasteiger partial charge in [0.05, 0.1) is 23.3 Å². The van der Waals surface area contributed by atoms with E-state index in [1.165, 1.54) is 0 Å². The Hall–Kier alpha value is -3.81. The number of pyridine rings is 1. The molecule has 31 heavy (non-hydrogen) atoms. The van der Waals surface area contributed by atoms with Crippen LogP contribution in [0.5, 0.6) is 5.75 Å². The van der Waals surface area contributed by atoms with E-state index in [0.717, 1.165) is 59.4 Å². The number of nitrogens with zero attached hydrogens (tertiary/aromatic N) is 5. The van der Waals surface area contributed by atoms with Gasteiger partial charge in [0.25, 0.3) is 0 Å². The van der Waals surface area contributed by atoms with Crippen molar-refractivity contribution in [3.63, 3.8) is 0 Å². The fraction of sp³-hybridized carbons (Fsp3) is 0.261. The summed E-state index contributed by atoms with van der Waals surface area (Å²) < 4.78 is 7.77. The molecule has 0 fully saturated rings. The summed E-state index contributed by atoms with van der Waals surface area (Å²) in [4.78, 5) is 16.0. The molecule has 0 saturated carbocycles. The SMILES string of the molecule is CCCN(C)c1ccc(Nc2nc(-c3ccc4c(c3)OCCN4)cn3ccnc23)cn1. The van der Waals surface area contributed by atoms with Crippen LogP contribution in [0, 0.1) is 0 Å². The molecule has 1 aliphatic heterocycles. The van der Waals surface area contributed by atoms with Gasteiger partial charge in [0.15, 0.2) is 11.5 Å². The minimum Gasteiger partial charge on any atom is -0.490 e. The summed E-state index contributed by atoms with van der Waals surface area (Å²) >= 11 is 0. The Morgan fingerprint density at radius 2 is 2.16 bits per heavy atom. The van der Waals surface area contributed by atoms with Crippen LogP contribution < -0.4 is 20.3 Å². The average Bonchev–Trinajstić information content (AvgIpc) is 3.28. The molecule has 1 aromatic carbocycles. The standard InChI is InChI=1S/C23H25N7O/c1-3-10-29(2)21-7-5-17(14-26-21)27-22-23-25-8-11-30(23)15-19(28-22)16-4-6-18-20(13-16)31-12-9-24-18/h4-8,11,13-15,24H,3,9-10,12H2,1-2H3,(H,27,28). The van der Waals surface area contributed by atoms with Gasteiger partial charge in [-0.1, -0.05) is 13.0 Å². The highest BCUT2D eigenvalue weighted by atomic mass is 16.5. The average molecular weight is 416 g/mol. The third-order valence-electron chi connectivity index (χ3n) is 5.29. The minimum absolute atomic E-state index is 0.660. The molecule has 4 aromatic rings. The van der Waals surface area contributed by atoms with Crippen molar-refractivity contribution in [2.45, 2.75) is 13.3 Å². The van der Waals surface area contributed by atoms with Crippen LogP contribution in [-0.4, -0.2) is 46.1 Å². The molecule has 3 aromatic heterocycles. The Kier molecular flexibility index (Phi) is 5.03. The quantitative estimate of drug-likeness (QED) is 0.489. The summed E-state index contributed by atoms with van der Waals surface area (Å²) in [6.45, 7) is 4.61. The molecule has 1 aliphatic rings. The fourth-order valence-electron chi connectivity index (χ4n) is 3.72. The van der Waals surface area contributed by atoms with Crippen molar-refractivity contribution < 1.29 is 4.74 Å². The number of rotatable bonds is 6. The zero-order valence-electron chi connectivity index (χ0n) is 17.7. The molecule has 158 valence electrons. The molecular formula is C23H25N7O. The molecule has 0 amide bonds. The van der Waals surface area contributed by atoms with E-state index in [2.05, 4.69) is 45.5 Å². The Labute approximate surface area is 180 Å². The van der Waals surface area contributed by atoms with Crippen LogP contribution in [-0.2, 0) is 0 Å². The van der Waals surface area contributed by atoms with Gasteiger partial charge in [-0.15, -0.1) is 0 Å². The molecule has 0 spiro atoms. The second-order valence-corrected chi connectivity index (χ2v) is 7.57. The predicted octanol–water partition coefficient (Wildman–Crippen LogP) is 4.19. The molecule has 0 unspecified atom stereocenters. The number of ether oxygens (including phenoxy) is 1. The van der Waals surface area contributed by atoms with Gasteiger partial charge in [0.1, 0.15) is 18.2 Å². The number of benzene rings is 1. The second kappa shape index (κ2) is 8.14. The van der Waals surface area contributed by atoms with E-state index in [1.54, 1.807) is 6.20 Å². The van der Waals surface area contributed by atoms with Crippen LogP contribution >= 0.6 is 0 Å². The third kappa shape index (κ3) is 3.84. The van der Waals surface area contributed by atoms with Gasteiger partial charge in [-0.2, -0.15) is 0 Å². The van der Waals surface area contributed by atoms with Crippen LogP contribution in [0.15, 0.2) is 55.1 Å². The van der Waals surface area contributed by atoms with Crippen molar-refractivity contribution in [1.29, 1.82) is 0 Å². The number of fused-ring (bicyclic) bond motifs is 2. The van der Waals surface area contributed by atoms with Crippen molar-refractivity contribution in [3.05, 3.63) is 55.1 Å². The van der Waals surface area contributed by atoms with E-state index in [1.807, 2.05) is 47.3 Å². The molecule has 0 bridgehead atoms. The number of hydrogen-bond donors (Lipinski definition) is 2. The first-order valence-electron chi connectivity index (χ1n) is 10.5. The fourth-order valence-corrected chi connectivity index (χ4v) is 3.72. The number of aromatic nitrogens is 4. The molecule has 8 heteroatoms. The van der Waals surface area contributed by atoms with Gasteiger partial charge < -0.3 is 24.7 Å². The molecule has 0 atom stereocenters. The summed E-state index contributed by atoms with van der Waals surface area (Å²) in [5.74, 6) is 2.47. The van der Waals surface area contributed by atoms with Crippen molar-refractivity contribution >= 4 is 28.7 Å². The van der Waals surface area contributed by atoms with Crippen LogP contribution in [0.4, 0.5) is 23.0 Å². The Morgan fingerprint density at radius 3 is 3.00 bits per heavy atom. The summed E-state index contributed by atoms with van der Waals surface area (Å²) in [5, 5.41) is 6.73. The molecule has 0 saturated heterocycles. The van der Waals surface area contributed by atoms with Crippen LogP contribution in [0.2, 0.25) is 0 Å². The summed E-state index contributed by atoms with van der Waals surface area (Å²) in [7, 11) is 2.05. The van der Waals surface area contributed by atoms with Gasteiger partial charge in [-0.3, -0.25) is 0 Å². The molecule has 0 radical (unpaired) electrons. The zero-order valence-corrected chi connectivity index (χ0v) is 17.7. The normalized spacial score (nSPS) is 12.7. The van der Waals surface area contributed by atoms with Gasteiger partial charge in [0.2, 0.25) is 0 Å². The predicted molar refractivity (Wildman–Crippen MR) is 123 cm³/mol. The summed E-state index contributed by atoms with van der Waals surface area (Å²) in [6.07, 6.45) is 8.58. The monoisotopic (exact) mass is 415 g/mol. The first-order chi connectivity index (χ1) is 15.2. The lowest BCUT2D eigenvalue weighted by Crippen LogP contribution is -2.18. The van der Waals surface area contributed by atoms with E-state index in [0.29, 0.717) is 12.4 Å². The molecule has 0 aliphatic carbocycles. The van der Waals surface area contributed by atoms with Crippen molar-refractivity contribution in [3.8, 4) is 17.0 Å². The minimum atomic E-state index is 0.660. The third-order valence-corrected chi connectivity index (χ3v) is 5.29. The van der Waals surface area contributed by atoms with Crippen LogP contribution in [0.25, 0.3) is 16.9 Å². The highest BCUT2D eigenvalue weighted by molar-refractivity contribution is 5.75. The molecular weight excluding hydrogens is 390 g/mol. The summed E-state index contributed by atoms with van der Waals surface area (Å²) in [5.41, 5.74) is 4.44. The number of nitrogens with one attached hydrogen (secondary N) is 2. The maximum Gasteiger partial charge on any atom is 0.180 e. The Bertz CT molecular complexity index is 1200. The first kappa shape index (κ1) is 19.2. The van der Waals surface area contributed by atoms with Crippen molar-refractivity contribution in [1.82, 2.24) is 19.4 Å². The maximum atomic E-state index is 5.79. The first-order valence-corrected chi connectivity index (χ1v) is 10.5. The topological polar surface area (TPSA) is 79.6 Å². The van der Waals surface area contributed by atoms with E-state index in [4.69, 9.17) is 9.72 Å². The number of imidazole rings is 1. The molecule has 8 nitrogen and oxygen atoms in total. The highest BCUT2D eigenvalue weighted by Crippen LogP contribution is 2.33.